The number of benzene rings is 1. The third-order valence-corrected chi connectivity index (χ3v) is 10.1. The van der Waals surface area contributed by atoms with Gasteiger partial charge in [-0.15, -0.1) is 0 Å². The van der Waals surface area contributed by atoms with Gasteiger partial charge in [-0.2, -0.15) is 0 Å². The van der Waals surface area contributed by atoms with Gasteiger partial charge >= 0.3 is 12.2 Å². The van der Waals surface area contributed by atoms with Gasteiger partial charge in [0.15, 0.2) is 11.7 Å². The summed E-state index contributed by atoms with van der Waals surface area (Å²) in [5.74, 6) is -1.76. The number of ether oxygens (including phenoxy) is 1. The number of aliphatic hydroxyl groups is 1. The van der Waals surface area contributed by atoms with E-state index in [1.807, 2.05) is 6.92 Å². The van der Waals surface area contributed by atoms with E-state index in [0.29, 0.717) is 36.4 Å². The highest BCUT2D eigenvalue weighted by atomic mass is 35.5. The minimum atomic E-state index is -1.51. The van der Waals surface area contributed by atoms with Crippen molar-refractivity contribution in [1.29, 1.82) is 0 Å². The number of amides is 5. The van der Waals surface area contributed by atoms with E-state index in [2.05, 4.69) is 10.6 Å². The van der Waals surface area contributed by atoms with Crippen molar-refractivity contribution >= 4 is 47.2 Å². The van der Waals surface area contributed by atoms with Crippen molar-refractivity contribution in [3.63, 3.8) is 0 Å². The molecule has 13 nitrogen and oxygen atoms in total. The second kappa shape index (κ2) is 14.1. The number of likely N-dealkylation sites (tertiary alicyclic amines) is 1. The van der Waals surface area contributed by atoms with Crippen molar-refractivity contribution in [2.45, 2.75) is 127 Å². The topological polar surface area (TPSA) is 169 Å². The number of nitrogens with one attached hydrogen (secondary N) is 2. The molecule has 5 amide bonds. The Hall–Kier alpha value is -3.58. The SMILES string of the molecule is CCC[C@H](NC(=O)[C@@H]1C[C@@]2(CN(c3cccc(Cl)c3)C(=O)O2)CN1C(=O)[C@@H](N(C(=O)O)C1CCCC1)C(C)(C)C)C(O)C(=O)NC1CC1. The van der Waals surface area contributed by atoms with Crippen LogP contribution < -0.4 is 15.5 Å². The smallest absolute Gasteiger partial charge is 0.415 e. The lowest BCUT2D eigenvalue weighted by Gasteiger charge is -2.43. The van der Waals surface area contributed by atoms with E-state index >= 15 is 0 Å². The summed E-state index contributed by atoms with van der Waals surface area (Å²) in [4.78, 5) is 71.8. The van der Waals surface area contributed by atoms with Gasteiger partial charge in [-0.3, -0.25) is 24.2 Å². The van der Waals surface area contributed by atoms with Crippen LogP contribution in [0.5, 0.6) is 0 Å². The van der Waals surface area contributed by atoms with Crippen LogP contribution in [0.25, 0.3) is 0 Å². The lowest BCUT2D eigenvalue weighted by molar-refractivity contribution is -0.147. The average Bonchev–Trinajstić information content (AvgIpc) is 3.38. The Kier molecular flexibility index (Phi) is 10.5. The monoisotopic (exact) mass is 689 g/mol. The summed E-state index contributed by atoms with van der Waals surface area (Å²) in [5, 5.41) is 27.4. The first kappa shape index (κ1) is 35.7. The van der Waals surface area contributed by atoms with Crippen LogP contribution in [0, 0.1) is 5.41 Å². The standard InChI is InChI=1S/C34H48ClN5O8/c1-5-9-24(26(41)29(43)36-21-14-15-21)37-28(42)25-17-34(18-38(32(47)48-34)23-13-8-10-20(35)16-23)19-39(25)30(44)27(33(2,3)4)40(31(45)46)22-11-6-7-12-22/h8,10,13,16,21-22,24-27,41H,5-7,9,11-12,14-15,17-19H2,1-4H3,(H,36,43)(H,37,42)(H,45,46)/t24-,25-,26?,27+,34+/m0/s1. The number of carboxylic acid groups (broad SMARTS) is 1. The van der Waals surface area contributed by atoms with E-state index in [0.717, 1.165) is 25.7 Å². The third-order valence-electron chi connectivity index (χ3n) is 9.85. The van der Waals surface area contributed by atoms with Crippen LogP contribution in [0.3, 0.4) is 0 Å². The molecular formula is C34H48ClN5O8. The van der Waals surface area contributed by atoms with E-state index < -0.39 is 65.2 Å². The quantitative estimate of drug-likeness (QED) is 0.271. The molecule has 2 heterocycles. The van der Waals surface area contributed by atoms with E-state index in [1.165, 1.54) is 14.7 Å². The summed E-state index contributed by atoms with van der Waals surface area (Å²) in [5.41, 5.74) is -1.65. The van der Waals surface area contributed by atoms with Crippen LogP contribution in [0.2, 0.25) is 5.02 Å². The van der Waals surface area contributed by atoms with Crippen LogP contribution in [-0.4, -0.2) is 105 Å². The molecule has 5 atom stereocenters. The minimum Gasteiger partial charge on any atom is -0.465 e. The Balaban J connectivity index is 1.48. The fourth-order valence-corrected chi connectivity index (χ4v) is 7.57. The Morgan fingerprint density at radius 1 is 1.12 bits per heavy atom. The number of halogens is 1. The van der Waals surface area contributed by atoms with Crippen LogP contribution in [-0.2, 0) is 19.1 Å². The maximum atomic E-state index is 14.8. The molecule has 0 radical (unpaired) electrons. The highest BCUT2D eigenvalue weighted by molar-refractivity contribution is 6.30. The van der Waals surface area contributed by atoms with Gasteiger partial charge in [-0.1, -0.05) is 64.6 Å². The van der Waals surface area contributed by atoms with Crippen LogP contribution in [0.15, 0.2) is 24.3 Å². The van der Waals surface area contributed by atoms with E-state index in [-0.39, 0.29) is 31.6 Å². The van der Waals surface area contributed by atoms with Gasteiger partial charge in [-0.25, -0.2) is 9.59 Å². The van der Waals surface area contributed by atoms with Gasteiger partial charge < -0.3 is 30.5 Å². The zero-order chi connectivity index (χ0) is 35.0. The largest absolute Gasteiger partial charge is 0.465 e. The summed E-state index contributed by atoms with van der Waals surface area (Å²) in [6.45, 7) is 7.12. The van der Waals surface area contributed by atoms with E-state index in [4.69, 9.17) is 16.3 Å². The molecule has 2 aliphatic carbocycles. The summed E-state index contributed by atoms with van der Waals surface area (Å²) < 4.78 is 5.97. The lowest BCUT2D eigenvalue weighted by atomic mass is 9.83. The third kappa shape index (κ3) is 7.67. The molecule has 1 spiro atoms. The number of carbonyl (C=O) groups excluding carboxylic acids is 4. The Morgan fingerprint density at radius 2 is 1.81 bits per heavy atom. The van der Waals surface area contributed by atoms with Crippen LogP contribution in [0.1, 0.15) is 85.5 Å². The minimum absolute atomic E-state index is 0.0128. The molecule has 264 valence electrons. The maximum Gasteiger partial charge on any atom is 0.415 e. The molecule has 1 aromatic rings. The maximum absolute atomic E-state index is 14.8. The van der Waals surface area contributed by atoms with E-state index in [9.17, 15) is 34.2 Å². The van der Waals surface area contributed by atoms with E-state index in [1.54, 1.807) is 45.0 Å². The van der Waals surface area contributed by atoms with Crippen molar-refractivity contribution < 1.29 is 38.9 Å². The van der Waals surface area contributed by atoms with Crippen LogP contribution >= 0.6 is 11.6 Å². The molecule has 1 unspecified atom stereocenters. The fourth-order valence-electron chi connectivity index (χ4n) is 7.39. The highest BCUT2D eigenvalue weighted by Crippen LogP contribution is 2.41. The molecule has 0 aromatic heterocycles. The lowest BCUT2D eigenvalue weighted by Crippen LogP contribution is -2.62. The molecule has 14 heteroatoms. The first-order valence-corrected chi connectivity index (χ1v) is 17.4. The van der Waals surface area contributed by atoms with Gasteiger partial charge in [0.1, 0.15) is 12.1 Å². The van der Waals surface area contributed by atoms with Gasteiger partial charge in [0.05, 0.1) is 19.1 Å². The Labute approximate surface area is 286 Å². The molecule has 0 bridgehead atoms. The Morgan fingerprint density at radius 3 is 2.40 bits per heavy atom. The molecule has 2 saturated heterocycles. The molecule has 5 rings (SSSR count). The predicted molar refractivity (Wildman–Crippen MR) is 178 cm³/mol. The molecular weight excluding hydrogens is 642 g/mol. The first-order chi connectivity index (χ1) is 22.6. The fraction of sp³-hybridized carbons (Fsp3) is 0.676. The summed E-state index contributed by atoms with van der Waals surface area (Å²) in [6, 6.07) is 3.13. The molecule has 48 heavy (non-hydrogen) atoms. The van der Waals surface area contributed by atoms with Gasteiger partial charge in [0.2, 0.25) is 11.8 Å². The number of anilines is 1. The normalized spacial score (nSPS) is 24.7. The van der Waals surface area contributed by atoms with Crippen molar-refractivity contribution in [3.8, 4) is 0 Å². The number of nitrogens with zero attached hydrogens (tertiary/aromatic N) is 3. The zero-order valence-electron chi connectivity index (χ0n) is 28.1. The number of hydrogen-bond acceptors (Lipinski definition) is 7. The summed E-state index contributed by atoms with van der Waals surface area (Å²) in [6.07, 6.45) is 2.03. The molecule has 2 aliphatic heterocycles. The number of aliphatic hydroxyl groups excluding tert-OH is 1. The number of carbonyl (C=O) groups is 5. The van der Waals surface area contributed by atoms with Gasteiger partial charge in [0.25, 0.3) is 5.91 Å². The predicted octanol–water partition coefficient (Wildman–Crippen LogP) is 3.90. The van der Waals surface area contributed by atoms with Gasteiger partial charge in [0, 0.05) is 29.2 Å². The molecule has 4 aliphatic rings. The zero-order valence-corrected chi connectivity index (χ0v) is 28.9. The van der Waals surface area contributed by atoms with Crippen LogP contribution in [0.4, 0.5) is 15.3 Å². The molecule has 4 fully saturated rings. The first-order valence-electron chi connectivity index (χ1n) is 17.0. The molecule has 4 N–H and O–H groups in total. The summed E-state index contributed by atoms with van der Waals surface area (Å²) in [7, 11) is 0. The van der Waals surface area contributed by atoms with Crippen molar-refractivity contribution in [2.75, 3.05) is 18.0 Å². The van der Waals surface area contributed by atoms with Crippen molar-refractivity contribution in [3.05, 3.63) is 29.3 Å². The highest BCUT2D eigenvalue weighted by Gasteiger charge is 2.59. The Bertz CT molecular complexity index is 1410. The average molecular weight is 690 g/mol. The van der Waals surface area contributed by atoms with Crippen molar-refractivity contribution in [1.82, 2.24) is 20.4 Å². The summed E-state index contributed by atoms with van der Waals surface area (Å²) >= 11 is 6.21. The number of rotatable bonds is 11. The second-order valence-electron chi connectivity index (χ2n) is 14.8. The molecule has 1 aromatic carbocycles. The van der Waals surface area contributed by atoms with Crippen molar-refractivity contribution in [2.24, 2.45) is 5.41 Å². The molecule has 2 saturated carbocycles. The van der Waals surface area contributed by atoms with Gasteiger partial charge in [-0.05, 0) is 55.7 Å². The number of hydrogen-bond donors (Lipinski definition) is 4. The second-order valence-corrected chi connectivity index (χ2v) is 15.3.